The van der Waals surface area contributed by atoms with Crippen LogP contribution >= 0.6 is 0 Å². The number of piperidine rings is 1. The molecule has 2 aromatic carbocycles. The predicted octanol–water partition coefficient (Wildman–Crippen LogP) is 3.78. The Morgan fingerprint density at radius 1 is 0.862 bits per heavy atom. The van der Waals surface area contributed by atoms with E-state index in [2.05, 4.69) is 58.3 Å². The van der Waals surface area contributed by atoms with Crippen LogP contribution < -0.4 is 0 Å². The van der Waals surface area contributed by atoms with Crippen molar-refractivity contribution in [1.29, 1.82) is 0 Å². The summed E-state index contributed by atoms with van der Waals surface area (Å²) < 4.78 is 5.45. The Morgan fingerprint density at radius 3 is 1.97 bits per heavy atom. The van der Waals surface area contributed by atoms with Crippen LogP contribution in [-0.2, 0) is 9.53 Å². The van der Waals surface area contributed by atoms with Gasteiger partial charge in [0, 0.05) is 45.1 Å². The molecule has 2 saturated heterocycles. The molecule has 154 valence electrons. The Kier molecular flexibility index (Phi) is 6.96. The van der Waals surface area contributed by atoms with E-state index in [0.29, 0.717) is 12.3 Å². The van der Waals surface area contributed by atoms with E-state index in [1.54, 1.807) is 0 Å². The van der Waals surface area contributed by atoms with Crippen molar-refractivity contribution in [3.8, 4) is 0 Å². The minimum atomic E-state index is 0.121. The Balaban J connectivity index is 1.35. The average molecular weight is 393 g/mol. The Bertz CT molecular complexity index is 711. The summed E-state index contributed by atoms with van der Waals surface area (Å²) in [6, 6.07) is 20.9. The normalized spacial score (nSPS) is 18.9. The summed E-state index contributed by atoms with van der Waals surface area (Å²) in [4.78, 5) is 17.8. The molecule has 0 aliphatic carbocycles. The lowest BCUT2D eigenvalue weighted by atomic mass is 9.87. The number of rotatable bonds is 6. The number of nitrogens with zero attached hydrogens (tertiary/aromatic N) is 2. The van der Waals surface area contributed by atoms with E-state index in [1.807, 2.05) is 12.1 Å². The van der Waals surface area contributed by atoms with Crippen LogP contribution in [0.5, 0.6) is 0 Å². The maximum atomic E-state index is 13.2. The number of benzene rings is 2. The smallest absolute Gasteiger partial charge is 0.223 e. The van der Waals surface area contributed by atoms with Gasteiger partial charge in [-0.25, -0.2) is 0 Å². The zero-order valence-corrected chi connectivity index (χ0v) is 17.2. The molecular formula is C25H32N2O2. The maximum Gasteiger partial charge on any atom is 0.223 e. The van der Waals surface area contributed by atoms with E-state index < -0.39 is 0 Å². The van der Waals surface area contributed by atoms with Gasteiger partial charge < -0.3 is 9.64 Å². The van der Waals surface area contributed by atoms with Crippen LogP contribution in [0.1, 0.15) is 36.3 Å². The number of likely N-dealkylation sites (tertiary alicyclic amines) is 1. The van der Waals surface area contributed by atoms with Crippen LogP contribution in [0.2, 0.25) is 0 Å². The molecule has 29 heavy (non-hydrogen) atoms. The summed E-state index contributed by atoms with van der Waals surface area (Å²) in [6.45, 7) is 6.76. The van der Waals surface area contributed by atoms with Crippen molar-refractivity contribution in [3.63, 3.8) is 0 Å². The topological polar surface area (TPSA) is 32.8 Å². The lowest BCUT2D eigenvalue weighted by Crippen LogP contribution is -2.44. The fourth-order valence-corrected chi connectivity index (χ4v) is 4.62. The number of ether oxygens (including phenoxy) is 1. The van der Waals surface area contributed by atoms with Crippen LogP contribution in [0, 0.1) is 5.92 Å². The Hall–Kier alpha value is -2.17. The van der Waals surface area contributed by atoms with Gasteiger partial charge >= 0.3 is 0 Å². The van der Waals surface area contributed by atoms with E-state index in [0.717, 1.165) is 58.8 Å². The van der Waals surface area contributed by atoms with Gasteiger partial charge in [-0.2, -0.15) is 0 Å². The summed E-state index contributed by atoms with van der Waals surface area (Å²) in [5.74, 6) is 1.11. The van der Waals surface area contributed by atoms with E-state index in [4.69, 9.17) is 4.74 Å². The van der Waals surface area contributed by atoms with Crippen LogP contribution in [0.3, 0.4) is 0 Å². The number of morpholine rings is 1. The summed E-state index contributed by atoms with van der Waals surface area (Å²) in [6.07, 6.45) is 2.77. The van der Waals surface area contributed by atoms with E-state index in [-0.39, 0.29) is 11.8 Å². The SMILES string of the molecule is O=C(CC(c1ccccc1)c1ccccc1)N1CCC(CN2CCOCC2)CC1. The van der Waals surface area contributed by atoms with Crippen LogP contribution in [-0.4, -0.2) is 61.6 Å². The monoisotopic (exact) mass is 392 g/mol. The third kappa shape index (κ3) is 5.46. The second kappa shape index (κ2) is 10.0. The minimum absolute atomic E-state index is 0.121. The standard InChI is InChI=1S/C25H32N2O2/c28-25(27-13-11-21(12-14-27)20-26-15-17-29-18-16-26)19-24(22-7-3-1-4-8-22)23-9-5-2-6-10-23/h1-10,21,24H,11-20H2. The van der Waals surface area contributed by atoms with Gasteiger partial charge in [0.2, 0.25) is 5.91 Å². The third-order valence-corrected chi connectivity index (χ3v) is 6.37. The molecule has 4 heteroatoms. The number of amides is 1. The lowest BCUT2D eigenvalue weighted by Gasteiger charge is -2.36. The molecule has 0 saturated carbocycles. The second-order valence-electron chi connectivity index (χ2n) is 8.32. The highest BCUT2D eigenvalue weighted by molar-refractivity contribution is 5.78. The fourth-order valence-electron chi connectivity index (χ4n) is 4.62. The van der Waals surface area contributed by atoms with Gasteiger partial charge in [-0.15, -0.1) is 0 Å². The van der Waals surface area contributed by atoms with Gasteiger partial charge in [-0.1, -0.05) is 60.7 Å². The van der Waals surface area contributed by atoms with Crippen molar-refractivity contribution in [3.05, 3.63) is 71.8 Å². The van der Waals surface area contributed by atoms with Gasteiger partial charge in [-0.3, -0.25) is 9.69 Å². The first-order chi connectivity index (χ1) is 14.3. The molecule has 0 N–H and O–H groups in total. The first-order valence-electron chi connectivity index (χ1n) is 11.0. The molecule has 2 aromatic rings. The first-order valence-corrected chi connectivity index (χ1v) is 11.0. The Labute approximate surface area is 174 Å². The largest absolute Gasteiger partial charge is 0.379 e. The molecule has 2 aliphatic heterocycles. The number of hydrogen-bond donors (Lipinski definition) is 0. The van der Waals surface area contributed by atoms with Gasteiger partial charge in [0.25, 0.3) is 0 Å². The molecule has 0 radical (unpaired) electrons. The van der Waals surface area contributed by atoms with Gasteiger partial charge in [0.05, 0.1) is 13.2 Å². The van der Waals surface area contributed by atoms with E-state index in [9.17, 15) is 4.79 Å². The lowest BCUT2D eigenvalue weighted by molar-refractivity contribution is -0.133. The molecule has 0 unspecified atom stereocenters. The van der Waals surface area contributed by atoms with Gasteiger partial charge in [-0.05, 0) is 29.9 Å². The van der Waals surface area contributed by atoms with Gasteiger partial charge in [0.15, 0.2) is 0 Å². The molecule has 0 atom stereocenters. The molecule has 4 rings (SSSR count). The van der Waals surface area contributed by atoms with E-state index >= 15 is 0 Å². The quantitative estimate of drug-likeness (QED) is 0.750. The number of carbonyl (C=O) groups is 1. The molecule has 0 aromatic heterocycles. The summed E-state index contributed by atoms with van der Waals surface area (Å²) >= 11 is 0. The third-order valence-electron chi connectivity index (χ3n) is 6.37. The van der Waals surface area contributed by atoms with Crippen molar-refractivity contribution >= 4 is 5.91 Å². The minimum Gasteiger partial charge on any atom is -0.379 e. The Morgan fingerprint density at radius 2 is 1.41 bits per heavy atom. The molecule has 1 amide bonds. The highest BCUT2D eigenvalue weighted by Gasteiger charge is 2.27. The maximum absolute atomic E-state index is 13.2. The van der Waals surface area contributed by atoms with Gasteiger partial charge in [0.1, 0.15) is 0 Å². The zero-order valence-electron chi connectivity index (χ0n) is 17.2. The molecule has 0 bridgehead atoms. The summed E-state index contributed by atoms with van der Waals surface area (Å²) in [5.41, 5.74) is 2.43. The van der Waals surface area contributed by atoms with Crippen molar-refractivity contribution in [2.24, 2.45) is 5.92 Å². The fraction of sp³-hybridized carbons (Fsp3) is 0.480. The highest BCUT2D eigenvalue weighted by atomic mass is 16.5. The van der Waals surface area contributed by atoms with Crippen molar-refractivity contribution in [1.82, 2.24) is 9.80 Å². The predicted molar refractivity (Wildman–Crippen MR) is 116 cm³/mol. The van der Waals surface area contributed by atoms with Crippen LogP contribution in [0.4, 0.5) is 0 Å². The molecule has 2 fully saturated rings. The molecule has 4 nitrogen and oxygen atoms in total. The molecule has 2 aliphatic rings. The number of hydrogen-bond acceptors (Lipinski definition) is 3. The van der Waals surface area contributed by atoms with Crippen molar-refractivity contribution in [2.45, 2.75) is 25.2 Å². The molecule has 0 spiro atoms. The molecule has 2 heterocycles. The van der Waals surface area contributed by atoms with Crippen molar-refractivity contribution in [2.75, 3.05) is 45.9 Å². The first kappa shape index (κ1) is 20.1. The van der Waals surface area contributed by atoms with Crippen LogP contribution in [0.25, 0.3) is 0 Å². The van der Waals surface area contributed by atoms with E-state index in [1.165, 1.54) is 11.1 Å². The van der Waals surface area contributed by atoms with Crippen molar-refractivity contribution < 1.29 is 9.53 Å². The average Bonchev–Trinajstić information content (AvgIpc) is 2.80. The summed E-state index contributed by atoms with van der Waals surface area (Å²) in [7, 11) is 0. The number of carbonyl (C=O) groups excluding carboxylic acids is 1. The second-order valence-corrected chi connectivity index (χ2v) is 8.32. The zero-order chi connectivity index (χ0) is 19.9. The molecular weight excluding hydrogens is 360 g/mol. The highest BCUT2D eigenvalue weighted by Crippen LogP contribution is 2.29. The summed E-state index contributed by atoms with van der Waals surface area (Å²) in [5, 5.41) is 0. The van der Waals surface area contributed by atoms with Crippen LogP contribution in [0.15, 0.2) is 60.7 Å².